The van der Waals surface area contributed by atoms with Gasteiger partial charge < -0.3 is 0 Å². The predicted octanol–water partition coefficient (Wildman–Crippen LogP) is 14.6. The zero-order valence-electron chi connectivity index (χ0n) is 31.9. The van der Waals surface area contributed by atoms with Crippen molar-refractivity contribution in [3.8, 4) is 67.0 Å². The zero-order valence-corrected chi connectivity index (χ0v) is 31.9. The summed E-state index contributed by atoms with van der Waals surface area (Å²) in [7, 11) is 0. The van der Waals surface area contributed by atoms with Crippen LogP contribution in [-0.4, -0.2) is 9.97 Å². The van der Waals surface area contributed by atoms with Crippen molar-refractivity contribution in [1.82, 2.24) is 9.97 Å². The molecule has 268 valence electrons. The molecule has 0 bridgehead atoms. The molecule has 1 aliphatic carbocycles. The van der Waals surface area contributed by atoms with Crippen LogP contribution < -0.4 is 0 Å². The molecule has 0 fully saturated rings. The smallest absolute Gasteiger partial charge is 0.0702 e. The Morgan fingerprint density at radius 3 is 1.61 bits per heavy atom. The van der Waals surface area contributed by atoms with Crippen molar-refractivity contribution < 1.29 is 0 Å². The molecular weight excluding hydrogens is 689 g/mol. The van der Waals surface area contributed by atoms with Crippen LogP contribution in [0.5, 0.6) is 0 Å². The van der Waals surface area contributed by atoms with Gasteiger partial charge in [-0.3, -0.25) is 9.97 Å². The summed E-state index contributed by atoms with van der Waals surface area (Å²) in [6, 6.07) is 66.5. The van der Waals surface area contributed by atoms with Gasteiger partial charge in [0.15, 0.2) is 0 Å². The van der Waals surface area contributed by atoms with Gasteiger partial charge in [-0.1, -0.05) is 147 Å². The Labute approximate surface area is 332 Å². The Kier molecular flexibility index (Phi) is 7.55. The van der Waals surface area contributed by atoms with Gasteiger partial charge in [-0.2, -0.15) is 0 Å². The monoisotopic (exact) mass is 726 g/mol. The molecule has 0 saturated heterocycles. The summed E-state index contributed by atoms with van der Waals surface area (Å²) < 4.78 is 0. The maximum atomic E-state index is 4.81. The van der Waals surface area contributed by atoms with Gasteiger partial charge in [-0.05, 0) is 136 Å². The van der Waals surface area contributed by atoms with Crippen LogP contribution in [0.4, 0.5) is 0 Å². The van der Waals surface area contributed by atoms with E-state index in [2.05, 4.69) is 184 Å². The summed E-state index contributed by atoms with van der Waals surface area (Å²) in [6.45, 7) is 4.74. The normalized spacial score (nSPS) is 12.9. The highest BCUT2D eigenvalue weighted by molar-refractivity contribution is 6.23. The number of hydrogen-bond acceptors (Lipinski definition) is 2. The average molecular weight is 727 g/mol. The Bertz CT molecular complexity index is 3130. The van der Waals surface area contributed by atoms with E-state index in [1.807, 2.05) is 24.5 Å². The number of benzene rings is 8. The van der Waals surface area contributed by atoms with Gasteiger partial charge in [-0.25, -0.2) is 0 Å². The first-order chi connectivity index (χ1) is 28.0. The summed E-state index contributed by atoms with van der Waals surface area (Å²) in [5.41, 5.74) is 16.6. The molecule has 2 heterocycles. The van der Waals surface area contributed by atoms with Crippen LogP contribution in [0.25, 0.3) is 99.3 Å². The third-order valence-electron chi connectivity index (χ3n) is 12.1. The van der Waals surface area contributed by atoms with E-state index in [0.29, 0.717) is 0 Å². The number of fused-ring (bicyclic) bond motifs is 6. The summed E-state index contributed by atoms with van der Waals surface area (Å²) in [4.78, 5) is 9.62. The van der Waals surface area contributed by atoms with Crippen LogP contribution in [0.2, 0.25) is 0 Å². The van der Waals surface area contributed by atoms with E-state index >= 15 is 0 Å². The van der Waals surface area contributed by atoms with E-state index < -0.39 is 0 Å². The van der Waals surface area contributed by atoms with Crippen molar-refractivity contribution in [1.29, 1.82) is 0 Å². The molecule has 0 aliphatic heterocycles. The van der Waals surface area contributed by atoms with Crippen LogP contribution in [0, 0.1) is 0 Å². The molecule has 2 nitrogen and oxygen atoms in total. The average Bonchev–Trinajstić information content (AvgIpc) is 3.51. The minimum absolute atomic E-state index is 0.116. The summed E-state index contributed by atoms with van der Waals surface area (Å²) >= 11 is 0. The molecule has 8 aromatic carbocycles. The van der Waals surface area contributed by atoms with Crippen molar-refractivity contribution in [2.75, 3.05) is 0 Å². The summed E-state index contributed by atoms with van der Waals surface area (Å²) in [5, 5.41) is 7.37. The van der Waals surface area contributed by atoms with Gasteiger partial charge in [0, 0.05) is 28.9 Å². The molecular formula is C55H38N2. The number of hydrogen-bond donors (Lipinski definition) is 0. The molecule has 0 amide bonds. The standard InChI is InChI=1S/C55H38N2/c1-55(2)48-23-8-7-20-45(48)54-46(22-14-24-49(54)55)53-43-19-6-5-18-42(43)52(44-28-27-36(34-47(44)53)41-21-13-16-35-15-3-4-17-40(35)41)39-32-37(50-25-9-11-29-56-50)31-38(33-39)51-26-10-12-30-57-51/h3-34H,1-2H3. The Balaban J connectivity index is 1.28. The number of rotatable bonds is 5. The minimum Gasteiger partial charge on any atom is -0.256 e. The maximum absolute atomic E-state index is 4.81. The molecule has 2 heteroatoms. The van der Waals surface area contributed by atoms with E-state index in [-0.39, 0.29) is 5.41 Å². The van der Waals surface area contributed by atoms with Gasteiger partial charge in [0.2, 0.25) is 0 Å². The van der Waals surface area contributed by atoms with Crippen molar-refractivity contribution >= 4 is 32.3 Å². The van der Waals surface area contributed by atoms with Gasteiger partial charge >= 0.3 is 0 Å². The highest BCUT2D eigenvalue weighted by Crippen LogP contribution is 2.55. The SMILES string of the molecule is CC1(C)c2ccccc2-c2c(-c3c4ccccc4c(-c4cc(-c5ccccn5)cc(-c5ccccn5)c4)c4ccc(-c5cccc6ccccc56)cc34)cccc21. The highest BCUT2D eigenvalue weighted by Gasteiger charge is 2.37. The third kappa shape index (κ3) is 5.25. The van der Waals surface area contributed by atoms with Gasteiger partial charge in [0.1, 0.15) is 0 Å². The molecule has 2 aromatic heterocycles. The van der Waals surface area contributed by atoms with E-state index in [1.165, 1.54) is 82.4 Å². The first-order valence-electron chi connectivity index (χ1n) is 19.7. The van der Waals surface area contributed by atoms with E-state index in [4.69, 9.17) is 9.97 Å². The molecule has 0 radical (unpaired) electrons. The number of aromatic nitrogens is 2. The largest absolute Gasteiger partial charge is 0.256 e. The lowest BCUT2D eigenvalue weighted by Crippen LogP contribution is -2.14. The lowest BCUT2D eigenvalue weighted by Gasteiger charge is -2.23. The summed E-state index contributed by atoms with van der Waals surface area (Å²) in [5.74, 6) is 0. The fourth-order valence-corrected chi connectivity index (χ4v) is 9.52. The van der Waals surface area contributed by atoms with Gasteiger partial charge in [0.05, 0.1) is 11.4 Å². The quantitative estimate of drug-likeness (QED) is 0.165. The van der Waals surface area contributed by atoms with Crippen molar-refractivity contribution in [2.24, 2.45) is 0 Å². The Morgan fingerprint density at radius 1 is 0.333 bits per heavy atom. The first-order valence-corrected chi connectivity index (χ1v) is 19.7. The molecule has 0 spiro atoms. The second-order valence-corrected chi connectivity index (χ2v) is 15.7. The molecule has 57 heavy (non-hydrogen) atoms. The minimum atomic E-state index is -0.116. The Hall–Kier alpha value is -7.16. The lowest BCUT2D eigenvalue weighted by molar-refractivity contribution is 0.660. The third-order valence-corrected chi connectivity index (χ3v) is 12.1. The topological polar surface area (TPSA) is 25.8 Å². The number of pyridine rings is 2. The van der Waals surface area contributed by atoms with Crippen molar-refractivity contribution in [2.45, 2.75) is 19.3 Å². The molecule has 10 aromatic rings. The van der Waals surface area contributed by atoms with Crippen LogP contribution >= 0.6 is 0 Å². The van der Waals surface area contributed by atoms with Gasteiger partial charge in [0.25, 0.3) is 0 Å². The van der Waals surface area contributed by atoms with Crippen molar-refractivity contribution in [3.05, 3.63) is 206 Å². The molecule has 0 N–H and O–H groups in total. The molecule has 1 aliphatic rings. The second kappa shape index (κ2) is 13.0. The first kappa shape index (κ1) is 33.2. The second-order valence-electron chi connectivity index (χ2n) is 15.7. The zero-order chi connectivity index (χ0) is 38.1. The van der Waals surface area contributed by atoms with Crippen LogP contribution in [0.1, 0.15) is 25.0 Å². The fourth-order valence-electron chi connectivity index (χ4n) is 9.52. The highest BCUT2D eigenvalue weighted by atomic mass is 14.7. The molecule has 0 atom stereocenters. The van der Waals surface area contributed by atoms with Crippen LogP contribution in [-0.2, 0) is 5.41 Å². The summed E-state index contributed by atoms with van der Waals surface area (Å²) in [6.07, 6.45) is 3.74. The van der Waals surface area contributed by atoms with Crippen LogP contribution in [0.15, 0.2) is 194 Å². The Morgan fingerprint density at radius 2 is 0.877 bits per heavy atom. The molecule has 0 saturated carbocycles. The van der Waals surface area contributed by atoms with E-state index in [9.17, 15) is 0 Å². The molecule has 0 unspecified atom stereocenters. The fraction of sp³-hybridized carbons (Fsp3) is 0.0545. The lowest BCUT2D eigenvalue weighted by atomic mass is 9.80. The molecule has 11 rings (SSSR count). The van der Waals surface area contributed by atoms with E-state index in [0.717, 1.165) is 28.1 Å². The predicted molar refractivity (Wildman–Crippen MR) is 239 cm³/mol. The van der Waals surface area contributed by atoms with Gasteiger partial charge in [-0.15, -0.1) is 0 Å². The van der Waals surface area contributed by atoms with E-state index in [1.54, 1.807) is 0 Å². The maximum Gasteiger partial charge on any atom is 0.0702 e. The van der Waals surface area contributed by atoms with Crippen LogP contribution in [0.3, 0.4) is 0 Å². The van der Waals surface area contributed by atoms with Crippen molar-refractivity contribution in [3.63, 3.8) is 0 Å². The number of nitrogens with zero attached hydrogens (tertiary/aromatic N) is 2.